The Balaban J connectivity index is 2.40. The molecule has 0 aliphatic carbocycles. The molecule has 0 atom stereocenters. The van der Waals surface area contributed by atoms with Crippen molar-refractivity contribution in [2.24, 2.45) is 0 Å². The first-order valence-electron chi connectivity index (χ1n) is 6.81. The van der Waals surface area contributed by atoms with Gasteiger partial charge in [0.25, 0.3) is 0 Å². The first kappa shape index (κ1) is 15.9. The molecule has 0 radical (unpaired) electrons. The number of allylic oxidation sites excluding steroid dienone is 1. The van der Waals surface area contributed by atoms with Crippen molar-refractivity contribution in [3.05, 3.63) is 30.0 Å². The fourth-order valence-corrected chi connectivity index (χ4v) is 3.25. The summed E-state index contributed by atoms with van der Waals surface area (Å²) in [6.07, 6.45) is 4.57. The van der Waals surface area contributed by atoms with Crippen molar-refractivity contribution in [2.75, 3.05) is 29.6 Å². The molecule has 0 amide bonds. The van der Waals surface area contributed by atoms with Crippen molar-refractivity contribution >= 4 is 21.2 Å². The van der Waals surface area contributed by atoms with Gasteiger partial charge in [0.1, 0.15) is 17.7 Å². The summed E-state index contributed by atoms with van der Waals surface area (Å²) in [5.74, 6) is 0. The van der Waals surface area contributed by atoms with Crippen LogP contribution in [0.25, 0.3) is 0 Å². The van der Waals surface area contributed by atoms with Crippen molar-refractivity contribution in [3.8, 4) is 12.1 Å². The van der Waals surface area contributed by atoms with Crippen LogP contribution >= 0.6 is 0 Å². The molecule has 7 heteroatoms. The Morgan fingerprint density at radius 1 is 1.27 bits per heavy atom. The Hall–Kier alpha value is -2.51. The standard InChI is InChI=1S/C15H16N4O2S/c1-22(20,21)15-5-4-13(18-11-12(9-16)10-17)8-14(15)19-6-2-3-7-19/h4-5,8,11,18H,2-3,6-7H2,1H3. The van der Waals surface area contributed by atoms with Gasteiger partial charge in [0, 0.05) is 31.2 Å². The molecule has 1 fully saturated rings. The lowest BCUT2D eigenvalue weighted by molar-refractivity contribution is 0.601. The van der Waals surface area contributed by atoms with Gasteiger partial charge in [-0.15, -0.1) is 0 Å². The SMILES string of the molecule is CS(=O)(=O)c1ccc(NC=C(C#N)C#N)cc1N1CCCC1. The number of nitriles is 2. The fraction of sp³-hybridized carbons (Fsp3) is 0.333. The number of benzene rings is 1. The van der Waals surface area contributed by atoms with E-state index in [4.69, 9.17) is 10.5 Å². The minimum Gasteiger partial charge on any atom is -0.370 e. The molecule has 1 aliphatic rings. The molecule has 22 heavy (non-hydrogen) atoms. The highest BCUT2D eigenvalue weighted by atomic mass is 32.2. The lowest BCUT2D eigenvalue weighted by Gasteiger charge is -2.21. The number of hydrogen-bond acceptors (Lipinski definition) is 6. The highest BCUT2D eigenvalue weighted by Crippen LogP contribution is 2.31. The summed E-state index contributed by atoms with van der Waals surface area (Å²) in [4.78, 5) is 2.34. The molecule has 0 bridgehead atoms. The maximum absolute atomic E-state index is 11.9. The van der Waals surface area contributed by atoms with E-state index >= 15 is 0 Å². The summed E-state index contributed by atoms with van der Waals surface area (Å²) in [6, 6.07) is 8.43. The summed E-state index contributed by atoms with van der Waals surface area (Å²) >= 11 is 0. The molecule has 1 aromatic rings. The molecule has 6 nitrogen and oxygen atoms in total. The van der Waals surface area contributed by atoms with Gasteiger partial charge in [-0.25, -0.2) is 8.42 Å². The van der Waals surface area contributed by atoms with E-state index < -0.39 is 9.84 Å². The molecule has 1 N–H and O–H groups in total. The zero-order valence-corrected chi connectivity index (χ0v) is 13.0. The molecule has 0 aromatic heterocycles. The molecule has 1 aromatic carbocycles. The maximum Gasteiger partial charge on any atom is 0.177 e. The zero-order valence-electron chi connectivity index (χ0n) is 12.2. The topological polar surface area (TPSA) is 97.0 Å². The van der Waals surface area contributed by atoms with Gasteiger partial charge in [-0.05, 0) is 31.0 Å². The van der Waals surface area contributed by atoms with Gasteiger partial charge >= 0.3 is 0 Å². The first-order chi connectivity index (χ1) is 10.5. The second-order valence-electron chi connectivity index (χ2n) is 5.07. The Labute approximate surface area is 130 Å². The minimum absolute atomic E-state index is 0.0464. The maximum atomic E-state index is 11.9. The summed E-state index contributed by atoms with van der Waals surface area (Å²) in [6.45, 7) is 1.65. The van der Waals surface area contributed by atoms with Gasteiger partial charge < -0.3 is 10.2 Å². The highest BCUT2D eigenvalue weighted by molar-refractivity contribution is 7.90. The smallest absolute Gasteiger partial charge is 0.177 e. The van der Waals surface area contributed by atoms with E-state index in [9.17, 15) is 8.42 Å². The minimum atomic E-state index is -3.32. The Morgan fingerprint density at radius 2 is 1.91 bits per heavy atom. The van der Waals surface area contributed by atoms with E-state index in [2.05, 4.69) is 5.32 Å². The van der Waals surface area contributed by atoms with Crippen molar-refractivity contribution in [2.45, 2.75) is 17.7 Å². The van der Waals surface area contributed by atoms with Crippen molar-refractivity contribution in [3.63, 3.8) is 0 Å². The highest BCUT2D eigenvalue weighted by Gasteiger charge is 2.21. The van der Waals surface area contributed by atoms with E-state index in [1.54, 1.807) is 30.3 Å². The van der Waals surface area contributed by atoms with Gasteiger partial charge in [0.05, 0.1) is 10.6 Å². The number of sulfone groups is 1. The molecular weight excluding hydrogens is 300 g/mol. The molecule has 0 unspecified atom stereocenters. The number of anilines is 2. The van der Waals surface area contributed by atoms with Crippen LogP contribution in [0.4, 0.5) is 11.4 Å². The van der Waals surface area contributed by atoms with Gasteiger partial charge in [-0.3, -0.25) is 0 Å². The predicted molar refractivity (Wildman–Crippen MR) is 83.9 cm³/mol. The van der Waals surface area contributed by atoms with Crippen molar-refractivity contribution in [1.29, 1.82) is 10.5 Å². The van der Waals surface area contributed by atoms with Crippen LogP contribution in [0.1, 0.15) is 12.8 Å². The molecule has 114 valence electrons. The number of hydrogen-bond donors (Lipinski definition) is 1. The van der Waals surface area contributed by atoms with Gasteiger partial charge in [0.2, 0.25) is 0 Å². The molecule has 1 heterocycles. The average Bonchev–Trinajstić information content (AvgIpc) is 3.01. The fourth-order valence-electron chi connectivity index (χ4n) is 2.37. The second-order valence-corrected chi connectivity index (χ2v) is 7.06. The van der Waals surface area contributed by atoms with Crippen LogP contribution < -0.4 is 10.2 Å². The molecule has 0 spiro atoms. The third kappa shape index (κ3) is 3.57. The molecular formula is C15H16N4O2S. The van der Waals surface area contributed by atoms with Crippen molar-refractivity contribution < 1.29 is 8.42 Å². The summed E-state index contributed by atoms with van der Waals surface area (Å²) in [5, 5.41) is 20.3. The summed E-state index contributed by atoms with van der Waals surface area (Å²) < 4.78 is 23.9. The van der Waals surface area contributed by atoms with Crippen LogP contribution in [-0.4, -0.2) is 27.8 Å². The third-order valence-corrected chi connectivity index (χ3v) is 4.57. The van der Waals surface area contributed by atoms with Gasteiger partial charge in [0.15, 0.2) is 9.84 Å². The van der Waals surface area contributed by atoms with Crippen molar-refractivity contribution in [1.82, 2.24) is 0 Å². The van der Waals surface area contributed by atoms with Crippen LogP contribution in [0.2, 0.25) is 0 Å². The molecule has 0 saturated carbocycles. The first-order valence-corrected chi connectivity index (χ1v) is 8.71. The lowest BCUT2D eigenvalue weighted by Crippen LogP contribution is -2.20. The average molecular weight is 316 g/mol. The van der Waals surface area contributed by atoms with Crippen LogP contribution in [0.5, 0.6) is 0 Å². The Kier molecular flexibility index (Phi) is 4.69. The van der Waals surface area contributed by atoms with E-state index in [1.807, 2.05) is 4.90 Å². The predicted octanol–water partition coefficient (Wildman–Crippen LogP) is 2.03. The third-order valence-electron chi connectivity index (χ3n) is 3.43. The quantitative estimate of drug-likeness (QED) is 0.854. The Bertz CT molecular complexity index is 763. The van der Waals surface area contributed by atoms with Gasteiger partial charge in [-0.2, -0.15) is 10.5 Å². The van der Waals surface area contributed by atoms with Gasteiger partial charge in [-0.1, -0.05) is 0 Å². The normalized spacial score (nSPS) is 14.0. The van der Waals surface area contributed by atoms with Crippen LogP contribution in [0.15, 0.2) is 34.9 Å². The molecule has 2 rings (SSSR count). The van der Waals surface area contributed by atoms with E-state index in [0.717, 1.165) is 25.9 Å². The summed E-state index contributed by atoms with van der Waals surface area (Å²) in [7, 11) is -3.32. The number of nitrogens with zero attached hydrogens (tertiary/aromatic N) is 3. The summed E-state index contributed by atoms with van der Waals surface area (Å²) in [5.41, 5.74) is 1.25. The number of rotatable bonds is 4. The lowest BCUT2D eigenvalue weighted by atomic mass is 10.2. The monoisotopic (exact) mass is 316 g/mol. The van der Waals surface area contributed by atoms with E-state index in [-0.39, 0.29) is 5.57 Å². The van der Waals surface area contributed by atoms with E-state index in [0.29, 0.717) is 16.3 Å². The van der Waals surface area contributed by atoms with E-state index in [1.165, 1.54) is 12.5 Å². The largest absolute Gasteiger partial charge is 0.370 e. The Morgan fingerprint density at radius 3 is 2.45 bits per heavy atom. The van der Waals surface area contributed by atoms with Crippen LogP contribution in [0, 0.1) is 22.7 Å². The van der Waals surface area contributed by atoms with Crippen LogP contribution in [-0.2, 0) is 9.84 Å². The molecule has 1 saturated heterocycles. The zero-order chi connectivity index (χ0) is 16.2. The number of nitrogens with one attached hydrogen (secondary N) is 1. The second kappa shape index (κ2) is 6.50. The van der Waals surface area contributed by atoms with Crippen LogP contribution in [0.3, 0.4) is 0 Å². The molecule has 1 aliphatic heterocycles.